The molecule has 2 N–H and O–H groups in total. The first-order valence-electron chi connectivity index (χ1n) is 17.7. The number of phenols is 2. The number of aromatic nitrogens is 1. The predicted molar refractivity (Wildman–Crippen MR) is 204 cm³/mol. The van der Waals surface area contributed by atoms with Gasteiger partial charge in [-0.25, -0.2) is 4.18 Å². The standard InChI is InChI=1S/C40H43ClN4O6S/c1-52(49,50)51-36-27-43(35-12-5-3-10-33(35)41)25-26-45(36)40(48)39-38(37(28-13-17-30(46)18-14-28)29-15-19-31(47)20-16-29)32-9-2-4-11-34(32)44(39)24-8-23-42-21-6-7-22-42/h2-5,9-20,36-37,46-47H,6-8,21-27H2,1H3. The molecule has 2 aliphatic heterocycles. The van der Waals surface area contributed by atoms with Crippen LogP contribution in [0.5, 0.6) is 11.5 Å². The number of hydrogen-bond donors (Lipinski definition) is 2. The molecule has 1 atom stereocenters. The maximum Gasteiger partial charge on any atom is 0.273 e. The van der Waals surface area contributed by atoms with Gasteiger partial charge in [-0.2, -0.15) is 8.42 Å². The van der Waals surface area contributed by atoms with Gasteiger partial charge in [0.15, 0.2) is 6.23 Å². The minimum atomic E-state index is -3.98. The highest BCUT2D eigenvalue weighted by atomic mass is 35.5. The average molecular weight is 743 g/mol. The van der Waals surface area contributed by atoms with Crippen LogP contribution in [0.3, 0.4) is 0 Å². The van der Waals surface area contributed by atoms with Gasteiger partial charge in [0.05, 0.1) is 23.5 Å². The molecule has 0 saturated carbocycles. The van der Waals surface area contributed by atoms with E-state index in [2.05, 4.69) is 9.47 Å². The van der Waals surface area contributed by atoms with Gasteiger partial charge < -0.3 is 29.5 Å². The lowest BCUT2D eigenvalue weighted by molar-refractivity contribution is 0.0190. The number of anilines is 1. The molecular weight excluding hydrogens is 700 g/mol. The quantitative estimate of drug-likeness (QED) is 0.145. The number of fused-ring (bicyclic) bond motifs is 1. The van der Waals surface area contributed by atoms with E-state index in [9.17, 15) is 18.6 Å². The SMILES string of the molecule is CS(=O)(=O)OC1CN(c2ccccc2Cl)CCN1C(=O)c1c(C(c2ccc(O)cc2)c2ccc(O)cc2)c2ccccc2n1CCCN1CCCC1. The van der Waals surface area contributed by atoms with Crippen molar-refractivity contribution in [3.8, 4) is 11.5 Å². The van der Waals surface area contributed by atoms with Gasteiger partial charge in [0, 0.05) is 42.0 Å². The lowest BCUT2D eigenvalue weighted by atomic mass is 9.83. The largest absolute Gasteiger partial charge is 0.508 e. The van der Waals surface area contributed by atoms with E-state index in [4.69, 9.17) is 15.8 Å². The van der Waals surface area contributed by atoms with E-state index in [1.807, 2.05) is 71.6 Å². The summed E-state index contributed by atoms with van der Waals surface area (Å²) in [5, 5.41) is 21.9. The number of para-hydroxylation sites is 2. The molecule has 0 bridgehead atoms. The van der Waals surface area contributed by atoms with Gasteiger partial charge in [0.2, 0.25) is 0 Å². The fourth-order valence-electron chi connectivity index (χ4n) is 7.73. The highest BCUT2D eigenvalue weighted by molar-refractivity contribution is 7.86. The summed E-state index contributed by atoms with van der Waals surface area (Å²) >= 11 is 6.57. The predicted octanol–water partition coefficient (Wildman–Crippen LogP) is 6.64. The number of halogens is 1. The molecule has 2 aliphatic rings. The summed E-state index contributed by atoms with van der Waals surface area (Å²) in [6.07, 6.45) is 3.05. The number of carbonyl (C=O) groups excluding carboxylic acids is 1. The van der Waals surface area contributed by atoms with Crippen LogP contribution in [0.1, 0.15) is 52.4 Å². The van der Waals surface area contributed by atoms with Gasteiger partial charge in [0.1, 0.15) is 17.2 Å². The summed E-state index contributed by atoms with van der Waals surface area (Å²) < 4.78 is 33.3. The van der Waals surface area contributed by atoms with Crippen LogP contribution in [-0.4, -0.2) is 90.7 Å². The van der Waals surface area contributed by atoms with E-state index >= 15 is 4.79 Å². The highest BCUT2D eigenvalue weighted by Crippen LogP contribution is 2.42. The van der Waals surface area contributed by atoms with Gasteiger partial charge in [-0.1, -0.05) is 66.2 Å². The molecular formula is C40H43ClN4O6S. The Bertz CT molecular complexity index is 2100. The number of benzene rings is 4. The first kappa shape index (κ1) is 35.8. The van der Waals surface area contributed by atoms with Crippen molar-refractivity contribution < 1.29 is 27.6 Å². The molecule has 2 saturated heterocycles. The van der Waals surface area contributed by atoms with Gasteiger partial charge in [0.25, 0.3) is 16.0 Å². The zero-order valence-corrected chi connectivity index (χ0v) is 30.6. The monoisotopic (exact) mass is 742 g/mol. The second-order valence-corrected chi connectivity index (χ2v) is 15.6. The maximum absolute atomic E-state index is 15.4. The number of hydrogen-bond acceptors (Lipinski definition) is 8. The zero-order chi connectivity index (χ0) is 36.4. The lowest BCUT2D eigenvalue weighted by Crippen LogP contribution is -2.57. The molecule has 4 aromatic carbocycles. The van der Waals surface area contributed by atoms with Crippen molar-refractivity contribution in [1.29, 1.82) is 0 Å². The van der Waals surface area contributed by atoms with E-state index in [1.165, 1.54) is 17.7 Å². The van der Waals surface area contributed by atoms with Crippen molar-refractivity contribution in [2.45, 2.75) is 38.0 Å². The third-order valence-corrected chi connectivity index (χ3v) is 11.0. The molecule has 7 rings (SSSR count). The summed E-state index contributed by atoms with van der Waals surface area (Å²) in [6.45, 7) is 4.26. The number of likely N-dealkylation sites (tertiary alicyclic amines) is 1. The van der Waals surface area contributed by atoms with Crippen molar-refractivity contribution in [3.05, 3.63) is 124 Å². The van der Waals surface area contributed by atoms with Crippen LogP contribution in [0, 0.1) is 0 Å². The number of piperazine rings is 1. The van der Waals surface area contributed by atoms with Crippen LogP contribution >= 0.6 is 11.6 Å². The first-order valence-corrected chi connectivity index (χ1v) is 19.9. The Morgan fingerprint density at radius 2 is 1.44 bits per heavy atom. The summed E-state index contributed by atoms with van der Waals surface area (Å²) in [5.41, 5.74) is 4.50. The maximum atomic E-state index is 15.4. The van der Waals surface area contributed by atoms with Crippen molar-refractivity contribution in [3.63, 3.8) is 0 Å². The van der Waals surface area contributed by atoms with Crippen molar-refractivity contribution in [2.75, 3.05) is 50.4 Å². The van der Waals surface area contributed by atoms with Crippen LogP contribution in [-0.2, 0) is 20.8 Å². The molecule has 1 unspecified atom stereocenters. The number of nitrogens with zero attached hydrogens (tertiary/aromatic N) is 4. The highest BCUT2D eigenvalue weighted by Gasteiger charge is 2.39. The molecule has 272 valence electrons. The third kappa shape index (κ3) is 7.64. The van der Waals surface area contributed by atoms with Gasteiger partial charge in [-0.3, -0.25) is 4.79 Å². The summed E-state index contributed by atoms with van der Waals surface area (Å²) in [4.78, 5) is 21.3. The van der Waals surface area contributed by atoms with Gasteiger partial charge >= 0.3 is 0 Å². The second-order valence-electron chi connectivity index (χ2n) is 13.6. The van der Waals surface area contributed by atoms with E-state index in [1.54, 1.807) is 30.3 Å². The zero-order valence-electron chi connectivity index (χ0n) is 29.1. The van der Waals surface area contributed by atoms with E-state index in [0.717, 1.165) is 65.6 Å². The molecule has 10 nitrogen and oxygen atoms in total. The third-order valence-electron chi connectivity index (χ3n) is 10.1. The first-order chi connectivity index (χ1) is 25.1. The van der Waals surface area contributed by atoms with Crippen LogP contribution in [0.2, 0.25) is 5.02 Å². The Morgan fingerprint density at radius 3 is 2.08 bits per heavy atom. The molecule has 1 amide bonds. The van der Waals surface area contributed by atoms with Crippen LogP contribution in [0.4, 0.5) is 5.69 Å². The van der Waals surface area contributed by atoms with Crippen molar-refractivity contribution in [2.24, 2.45) is 0 Å². The van der Waals surface area contributed by atoms with Gasteiger partial charge in [-0.05, 0) is 92.5 Å². The minimum Gasteiger partial charge on any atom is -0.508 e. The molecule has 0 radical (unpaired) electrons. The number of carbonyl (C=O) groups is 1. The number of aryl methyl sites for hydroxylation is 1. The van der Waals surface area contributed by atoms with Crippen LogP contribution in [0.15, 0.2) is 97.1 Å². The summed E-state index contributed by atoms with van der Waals surface area (Å²) in [6, 6.07) is 29.2. The van der Waals surface area contributed by atoms with E-state index in [-0.39, 0.29) is 30.5 Å². The number of phenolic OH excluding ortho intramolecular Hbond substituents is 2. The number of amides is 1. The Kier molecular flexibility index (Phi) is 10.5. The number of rotatable bonds is 11. The topological polar surface area (TPSA) is 116 Å². The number of aromatic hydroxyl groups is 2. The molecule has 3 heterocycles. The second kappa shape index (κ2) is 15.2. The molecule has 5 aromatic rings. The fourth-order valence-corrected chi connectivity index (χ4v) is 8.56. The van der Waals surface area contributed by atoms with Crippen molar-refractivity contribution in [1.82, 2.24) is 14.4 Å². The molecule has 1 aromatic heterocycles. The van der Waals surface area contributed by atoms with E-state index in [0.29, 0.717) is 23.8 Å². The normalized spacial score (nSPS) is 17.0. The molecule has 52 heavy (non-hydrogen) atoms. The minimum absolute atomic E-state index is 0.0897. The van der Waals surface area contributed by atoms with Crippen LogP contribution < -0.4 is 4.90 Å². The fraction of sp³-hybridized carbons (Fsp3) is 0.325. The summed E-state index contributed by atoms with van der Waals surface area (Å²) in [5.74, 6) is -0.594. The Balaban J connectivity index is 1.39. The Hall–Kier alpha value is -4.55. The molecule has 0 spiro atoms. The smallest absolute Gasteiger partial charge is 0.273 e. The molecule has 2 fully saturated rings. The Labute approximate surface area is 309 Å². The summed E-state index contributed by atoms with van der Waals surface area (Å²) in [7, 11) is -3.98. The van der Waals surface area contributed by atoms with Gasteiger partial charge in [-0.15, -0.1) is 0 Å². The van der Waals surface area contributed by atoms with Crippen LogP contribution in [0.25, 0.3) is 10.9 Å². The molecule has 12 heteroatoms. The lowest BCUT2D eigenvalue weighted by Gasteiger charge is -2.41. The molecule has 0 aliphatic carbocycles. The average Bonchev–Trinajstić information content (AvgIpc) is 3.76. The Morgan fingerprint density at radius 1 is 0.827 bits per heavy atom. The van der Waals surface area contributed by atoms with Crippen molar-refractivity contribution >= 4 is 44.2 Å². The van der Waals surface area contributed by atoms with E-state index < -0.39 is 22.3 Å².